The highest BCUT2D eigenvalue weighted by atomic mass is 28.3. The molecule has 0 saturated heterocycles. The zero-order valence-corrected chi connectivity index (χ0v) is 10.5. The van der Waals surface area contributed by atoms with Crippen molar-refractivity contribution < 1.29 is 4.12 Å². The van der Waals surface area contributed by atoms with Gasteiger partial charge in [-0.2, -0.15) is 0 Å². The predicted molar refractivity (Wildman–Crippen MR) is 55.1 cm³/mol. The standard InChI is InChI=1S/C8H16OSi2/c1-11(9-10)8-6-4-2-3-5-7-8/h2,4,6,11H,3,5,7H2,1,10H3. The van der Waals surface area contributed by atoms with E-state index in [-0.39, 0.29) is 0 Å². The van der Waals surface area contributed by atoms with E-state index in [9.17, 15) is 0 Å². The minimum Gasteiger partial charge on any atom is -0.463 e. The zero-order valence-electron chi connectivity index (χ0n) is 7.34. The third kappa shape index (κ3) is 2.77. The van der Waals surface area contributed by atoms with E-state index in [1.807, 2.05) is 0 Å². The number of hydrogen-bond donors (Lipinski definition) is 0. The molecule has 1 unspecified atom stereocenters. The first-order chi connectivity index (χ1) is 5.34. The van der Waals surface area contributed by atoms with Crippen molar-refractivity contribution in [2.24, 2.45) is 0 Å². The summed E-state index contributed by atoms with van der Waals surface area (Å²) >= 11 is 0. The summed E-state index contributed by atoms with van der Waals surface area (Å²) in [4.78, 5) is 0. The van der Waals surface area contributed by atoms with Crippen LogP contribution < -0.4 is 0 Å². The molecule has 0 amide bonds. The Morgan fingerprint density at radius 2 is 2.45 bits per heavy atom. The fraction of sp³-hybridized carbons (Fsp3) is 0.500. The lowest BCUT2D eigenvalue weighted by molar-refractivity contribution is 0.642. The molecule has 0 heterocycles. The molecular weight excluding hydrogens is 168 g/mol. The van der Waals surface area contributed by atoms with Crippen LogP contribution in [0.2, 0.25) is 6.55 Å². The number of allylic oxidation sites excluding steroid dienone is 4. The summed E-state index contributed by atoms with van der Waals surface area (Å²) in [5, 5.41) is 1.59. The molecule has 1 rings (SSSR count). The van der Waals surface area contributed by atoms with Gasteiger partial charge < -0.3 is 4.12 Å². The Labute approximate surface area is 73.4 Å². The van der Waals surface area contributed by atoms with Gasteiger partial charge in [-0.05, 0) is 25.8 Å². The van der Waals surface area contributed by atoms with Gasteiger partial charge in [0.15, 0.2) is 9.04 Å². The Kier molecular flexibility index (Phi) is 3.82. The summed E-state index contributed by atoms with van der Waals surface area (Å²) in [6.45, 7) is 2.28. The highest BCUT2D eigenvalue weighted by molar-refractivity contribution is 6.62. The van der Waals surface area contributed by atoms with Crippen molar-refractivity contribution in [2.45, 2.75) is 25.8 Å². The summed E-state index contributed by atoms with van der Waals surface area (Å²) in [6.07, 6.45) is 10.5. The third-order valence-electron chi connectivity index (χ3n) is 2.16. The van der Waals surface area contributed by atoms with Crippen LogP contribution in [0, 0.1) is 0 Å². The highest BCUT2D eigenvalue weighted by Crippen LogP contribution is 2.15. The Balaban J connectivity index is 2.55. The second kappa shape index (κ2) is 4.69. The quantitative estimate of drug-likeness (QED) is 0.578. The van der Waals surface area contributed by atoms with Crippen LogP contribution in [0.5, 0.6) is 0 Å². The minimum absolute atomic E-state index is 0.902. The molecule has 0 bridgehead atoms. The van der Waals surface area contributed by atoms with Crippen LogP contribution in [0.1, 0.15) is 19.3 Å². The maximum absolute atomic E-state index is 5.52. The topological polar surface area (TPSA) is 9.23 Å². The molecule has 1 nitrogen and oxygen atoms in total. The monoisotopic (exact) mass is 184 g/mol. The first kappa shape index (κ1) is 8.97. The van der Waals surface area contributed by atoms with E-state index in [1.54, 1.807) is 5.20 Å². The van der Waals surface area contributed by atoms with E-state index in [1.165, 1.54) is 19.3 Å². The molecule has 1 aliphatic rings. The minimum atomic E-state index is -0.920. The second-order valence-electron chi connectivity index (χ2n) is 2.94. The lowest BCUT2D eigenvalue weighted by atomic mass is 10.2. The van der Waals surface area contributed by atoms with Gasteiger partial charge in [0.25, 0.3) is 0 Å². The first-order valence-electron chi connectivity index (χ1n) is 4.23. The Morgan fingerprint density at radius 1 is 1.64 bits per heavy atom. The van der Waals surface area contributed by atoms with Gasteiger partial charge in [-0.25, -0.2) is 0 Å². The molecule has 0 fully saturated rings. The van der Waals surface area contributed by atoms with Gasteiger partial charge in [0, 0.05) is 0 Å². The predicted octanol–water partition coefficient (Wildman–Crippen LogP) is 0.843. The van der Waals surface area contributed by atoms with Gasteiger partial charge in [-0.1, -0.05) is 23.4 Å². The molecule has 0 aromatic heterocycles. The average Bonchev–Trinajstić information content (AvgIpc) is 2.30. The van der Waals surface area contributed by atoms with Crippen molar-refractivity contribution in [3.8, 4) is 0 Å². The molecular formula is C8H16OSi2. The van der Waals surface area contributed by atoms with Crippen molar-refractivity contribution in [1.29, 1.82) is 0 Å². The lowest BCUT2D eigenvalue weighted by Crippen LogP contribution is -2.15. The van der Waals surface area contributed by atoms with Gasteiger partial charge in [0.1, 0.15) is 10.5 Å². The molecule has 0 aromatic carbocycles. The van der Waals surface area contributed by atoms with Gasteiger partial charge in [-0.3, -0.25) is 0 Å². The van der Waals surface area contributed by atoms with E-state index < -0.39 is 9.04 Å². The van der Waals surface area contributed by atoms with Crippen LogP contribution >= 0.6 is 0 Å². The van der Waals surface area contributed by atoms with Gasteiger partial charge in [0.05, 0.1) is 0 Å². The van der Waals surface area contributed by atoms with E-state index in [2.05, 4.69) is 24.8 Å². The van der Waals surface area contributed by atoms with E-state index in [4.69, 9.17) is 4.12 Å². The third-order valence-corrected chi connectivity index (χ3v) is 6.51. The van der Waals surface area contributed by atoms with E-state index >= 15 is 0 Å². The van der Waals surface area contributed by atoms with Gasteiger partial charge in [-0.15, -0.1) is 0 Å². The summed E-state index contributed by atoms with van der Waals surface area (Å²) < 4.78 is 5.52. The molecule has 3 heteroatoms. The largest absolute Gasteiger partial charge is 0.463 e. The highest BCUT2D eigenvalue weighted by Gasteiger charge is 2.08. The molecule has 0 saturated carbocycles. The molecule has 1 aliphatic carbocycles. The van der Waals surface area contributed by atoms with E-state index in [0.717, 1.165) is 10.5 Å². The van der Waals surface area contributed by atoms with Crippen molar-refractivity contribution in [3.63, 3.8) is 0 Å². The SMILES string of the molecule is C[SiH](O[SiH3])C1=CC=CCCC1. The Bertz CT molecular complexity index is 175. The first-order valence-corrected chi connectivity index (χ1v) is 7.25. The average molecular weight is 184 g/mol. The molecule has 0 radical (unpaired) electrons. The smallest absolute Gasteiger partial charge is 0.187 e. The van der Waals surface area contributed by atoms with Gasteiger partial charge >= 0.3 is 0 Å². The fourth-order valence-corrected chi connectivity index (χ4v) is 3.49. The zero-order chi connectivity index (χ0) is 8.10. The maximum Gasteiger partial charge on any atom is 0.187 e. The summed E-state index contributed by atoms with van der Waals surface area (Å²) in [7, 11) is -0.0179. The van der Waals surface area contributed by atoms with Crippen LogP contribution in [-0.4, -0.2) is 19.5 Å². The molecule has 0 aliphatic heterocycles. The number of hydrogen-bond acceptors (Lipinski definition) is 1. The van der Waals surface area contributed by atoms with E-state index in [0.29, 0.717) is 0 Å². The molecule has 11 heavy (non-hydrogen) atoms. The van der Waals surface area contributed by atoms with Crippen molar-refractivity contribution in [3.05, 3.63) is 23.4 Å². The molecule has 0 N–H and O–H groups in total. The molecule has 62 valence electrons. The molecule has 1 atom stereocenters. The Hall–Kier alpha value is -0.126. The normalized spacial score (nSPS) is 21.0. The van der Waals surface area contributed by atoms with Crippen molar-refractivity contribution in [2.75, 3.05) is 0 Å². The van der Waals surface area contributed by atoms with Crippen LogP contribution in [0.15, 0.2) is 23.4 Å². The second-order valence-corrected chi connectivity index (χ2v) is 6.85. The van der Waals surface area contributed by atoms with Crippen molar-refractivity contribution in [1.82, 2.24) is 0 Å². The maximum atomic E-state index is 5.52. The van der Waals surface area contributed by atoms with Crippen LogP contribution in [0.3, 0.4) is 0 Å². The Morgan fingerprint density at radius 3 is 3.18 bits per heavy atom. The number of rotatable bonds is 2. The summed E-state index contributed by atoms with van der Waals surface area (Å²) in [6, 6.07) is 0. The summed E-state index contributed by atoms with van der Waals surface area (Å²) in [5.74, 6) is 0. The van der Waals surface area contributed by atoms with Crippen LogP contribution in [-0.2, 0) is 4.12 Å². The fourth-order valence-electron chi connectivity index (χ4n) is 1.29. The van der Waals surface area contributed by atoms with Gasteiger partial charge in [0.2, 0.25) is 0 Å². The van der Waals surface area contributed by atoms with Crippen molar-refractivity contribution >= 4 is 19.5 Å². The summed E-state index contributed by atoms with van der Waals surface area (Å²) in [5.41, 5.74) is 0. The molecule has 0 aromatic rings. The van der Waals surface area contributed by atoms with Crippen LogP contribution in [0.4, 0.5) is 0 Å². The lowest BCUT2D eigenvalue weighted by Gasteiger charge is -2.11. The molecule has 0 spiro atoms. The van der Waals surface area contributed by atoms with Crippen LogP contribution in [0.25, 0.3) is 0 Å².